The summed E-state index contributed by atoms with van der Waals surface area (Å²) in [5, 5.41) is 20.0. The van der Waals surface area contributed by atoms with Gasteiger partial charge < -0.3 is 14.9 Å². The zero-order chi connectivity index (χ0) is 21.0. The predicted molar refractivity (Wildman–Crippen MR) is 125 cm³/mol. The molecule has 1 aliphatic rings. The molecule has 1 atom stereocenters. The van der Waals surface area contributed by atoms with E-state index in [0.717, 1.165) is 16.7 Å². The molecule has 8 heteroatoms. The standard InChI is InChI=1S/C21H12Br4O4/c1-8-2-4-10-12(6-8)29-13-7-9(26)3-5-11(13)14(10)15-16(21(27)28)18(23)20(25)19(24)17(15)22/h2-7,14,26H,1H3,(H,27,28). The number of fused-ring (bicyclic) bond motifs is 2. The summed E-state index contributed by atoms with van der Waals surface area (Å²) in [4.78, 5) is 12.3. The Kier molecular flexibility index (Phi) is 5.57. The van der Waals surface area contributed by atoms with E-state index in [1.165, 1.54) is 0 Å². The first-order valence-electron chi connectivity index (χ1n) is 8.41. The van der Waals surface area contributed by atoms with Gasteiger partial charge in [0.25, 0.3) is 0 Å². The molecule has 2 N–H and O–H groups in total. The van der Waals surface area contributed by atoms with Crippen LogP contribution < -0.4 is 4.74 Å². The smallest absolute Gasteiger partial charge is 0.337 e. The lowest BCUT2D eigenvalue weighted by atomic mass is 9.80. The third kappa shape index (κ3) is 3.44. The number of carboxylic acid groups (broad SMARTS) is 1. The van der Waals surface area contributed by atoms with Crippen LogP contribution in [0.25, 0.3) is 0 Å². The highest BCUT2D eigenvalue weighted by Gasteiger charge is 2.36. The zero-order valence-electron chi connectivity index (χ0n) is 14.8. The Morgan fingerprint density at radius 1 is 0.897 bits per heavy atom. The Bertz CT molecular complexity index is 1140. The van der Waals surface area contributed by atoms with E-state index in [-0.39, 0.29) is 11.3 Å². The summed E-state index contributed by atoms with van der Waals surface area (Å²) in [5.41, 5.74) is 3.35. The normalized spacial score (nSPS) is 14.7. The van der Waals surface area contributed by atoms with Gasteiger partial charge >= 0.3 is 5.97 Å². The van der Waals surface area contributed by atoms with Crippen LogP contribution in [-0.2, 0) is 0 Å². The number of ether oxygens (including phenoxy) is 1. The van der Waals surface area contributed by atoms with Gasteiger partial charge in [-0.2, -0.15) is 0 Å². The Morgan fingerprint density at radius 2 is 1.48 bits per heavy atom. The fourth-order valence-electron chi connectivity index (χ4n) is 3.54. The Labute approximate surface area is 200 Å². The topological polar surface area (TPSA) is 66.8 Å². The van der Waals surface area contributed by atoms with Gasteiger partial charge in [0.15, 0.2) is 0 Å². The predicted octanol–water partition coefficient (Wildman–Crippen LogP) is 7.73. The SMILES string of the molecule is Cc1ccc2c(c1)Oc1cc(O)ccc1C2c1c(Br)c(Br)c(Br)c(Br)c1C(=O)O. The van der Waals surface area contributed by atoms with Gasteiger partial charge in [-0.25, -0.2) is 4.79 Å². The molecular formula is C21H12Br4O4. The second kappa shape index (κ2) is 7.72. The number of benzene rings is 3. The molecule has 0 radical (unpaired) electrons. The monoisotopic (exact) mass is 644 g/mol. The molecule has 3 aromatic rings. The highest BCUT2D eigenvalue weighted by Crippen LogP contribution is 2.53. The fourth-order valence-corrected chi connectivity index (χ4v) is 6.09. The molecule has 29 heavy (non-hydrogen) atoms. The number of hydrogen-bond donors (Lipinski definition) is 2. The van der Waals surface area contributed by atoms with Crippen LogP contribution >= 0.6 is 63.7 Å². The van der Waals surface area contributed by atoms with Crippen molar-refractivity contribution >= 4 is 69.7 Å². The van der Waals surface area contributed by atoms with Crippen molar-refractivity contribution < 1.29 is 19.7 Å². The summed E-state index contributed by atoms with van der Waals surface area (Å²) in [5.74, 6) is -0.273. The first-order chi connectivity index (χ1) is 13.7. The minimum atomic E-state index is -1.05. The second-order valence-corrected chi connectivity index (χ2v) is 9.82. The van der Waals surface area contributed by atoms with Crippen LogP contribution in [0.15, 0.2) is 54.3 Å². The Balaban J connectivity index is 2.13. The number of aryl methyl sites for hydroxylation is 1. The maximum atomic E-state index is 12.3. The highest BCUT2D eigenvalue weighted by atomic mass is 79.9. The number of aromatic carboxylic acids is 1. The van der Waals surface area contributed by atoms with Crippen LogP contribution in [0, 0.1) is 6.92 Å². The molecule has 4 nitrogen and oxygen atoms in total. The number of phenolic OH excluding ortho intramolecular Hbond substituents is 1. The van der Waals surface area contributed by atoms with Gasteiger partial charge in [0.05, 0.1) is 5.56 Å². The largest absolute Gasteiger partial charge is 0.508 e. The van der Waals surface area contributed by atoms with Crippen LogP contribution in [0.4, 0.5) is 0 Å². The van der Waals surface area contributed by atoms with Gasteiger partial charge in [0.1, 0.15) is 17.2 Å². The molecule has 0 saturated heterocycles. The summed E-state index contributed by atoms with van der Waals surface area (Å²) in [6.07, 6.45) is 0. The summed E-state index contributed by atoms with van der Waals surface area (Å²) < 4.78 is 8.43. The third-order valence-electron chi connectivity index (χ3n) is 4.81. The Hall–Kier alpha value is -1.35. The average molecular weight is 648 g/mol. The molecule has 3 aromatic carbocycles. The van der Waals surface area contributed by atoms with Crippen molar-refractivity contribution in [2.75, 3.05) is 0 Å². The number of halogens is 4. The molecule has 4 rings (SSSR count). The van der Waals surface area contributed by atoms with Crippen molar-refractivity contribution in [2.24, 2.45) is 0 Å². The van der Waals surface area contributed by atoms with Crippen molar-refractivity contribution in [3.63, 3.8) is 0 Å². The Morgan fingerprint density at radius 3 is 2.14 bits per heavy atom. The molecule has 0 fully saturated rings. The van der Waals surface area contributed by atoms with Crippen molar-refractivity contribution in [3.05, 3.63) is 82.1 Å². The first kappa shape index (κ1) is 20.9. The van der Waals surface area contributed by atoms with E-state index >= 15 is 0 Å². The highest BCUT2D eigenvalue weighted by molar-refractivity contribution is 9.15. The molecule has 1 unspecified atom stereocenters. The first-order valence-corrected chi connectivity index (χ1v) is 11.6. The van der Waals surface area contributed by atoms with Gasteiger partial charge in [-0.05, 0) is 93.9 Å². The quantitative estimate of drug-likeness (QED) is 0.173. The molecular weight excluding hydrogens is 636 g/mol. The average Bonchev–Trinajstić information content (AvgIpc) is 2.66. The lowest BCUT2D eigenvalue weighted by Crippen LogP contribution is -2.17. The van der Waals surface area contributed by atoms with Gasteiger partial charge in [0, 0.05) is 41.0 Å². The van der Waals surface area contributed by atoms with Crippen molar-refractivity contribution in [1.82, 2.24) is 0 Å². The van der Waals surface area contributed by atoms with Gasteiger partial charge in [-0.1, -0.05) is 18.2 Å². The number of carbonyl (C=O) groups is 1. The van der Waals surface area contributed by atoms with Crippen LogP contribution in [0.2, 0.25) is 0 Å². The summed E-state index contributed by atoms with van der Waals surface area (Å²) in [6, 6.07) is 10.7. The molecule has 148 valence electrons. The van der Waals surface area contributed by atoms with E-state index in [1.807, 2.05) is 25.1 Å². The maximum absolute atomic E-state index is 12.3. The number of phenols is 1. The van der Waals surface area contributed by atoms with Crippen molar-refractivity contribution in [1.29, 1.82) is 0 Å². The molecule has 0 bridgehead atoms. The van der Waals surface area contributed by atoms with E-state index in [4.69, 9.17) is 4.74 Å². The summed E-state index contributed by atoms with van der Waals surface area (Å²) in [6.45, 7) is 1.96. The molecule has 1 aliphatic heterocycles. The van der Waals surface area contributed by atoms with Crippen molar-refractivity contribution in [3.8, 4) is 17.2 Å². The summed E-state index contributed by atoms with van der Waals surface area (Å²) >= 11 is 14.0. The van der Waals surface area contributed by atoms with Crippen LogP contribution in [0.3, 0.4) is 0 Å². The minimum absolute atomic E-state index is 0.0781. The van der Waals surface area contributed by atoms with E-state index < -0.39 is 11.9 Å². The van der Waals surface area contributed by atoms with Crippen LogP contribution in [-0.4, -0.2) is 16.2 Å². The molecule has 0 saturated carbocycles. The zero-order valence-corrected chi connectivity index (χ0v) is 21.1. The van der Waals surface area contributed by atoms with E-state index in [0.29, 0.717) is 35.0 Å². The molecule has 0 amide bonds. The van der Waals surface area contributed by atoms with Crippen molar-refractivity contribution in [2.45, 2.75) is 12.8 Å². The molecule has 0 aliphatic carbocycles. The molecule has 1 heterocycles. The number of rotatable bonds is 2. The van der Waals surface area contributed by atoms with Crippen LogP contribution in [0.1, 0.15) is 38.5 Å². The fraction of sp³-hybridized carbons (Fsp3) is 0.0952. The number of carboxylic acids is 1. The van der Waals surface area contributed by atoms with E-state index in [2.05, 4.69) is 63.7 Å². The lowest BCUT2D eigenvalue weighted by molar-refractivity contribution is 0.0694. The second-order valence-electron chi connectivity index (χ2n) is 6.65. The third-order valence-corrected chi connectivity index (χ3v) is 9.61. The minimum Gasteiger partial charge on any atom is -0.508 e. The van der Waals surface area contributed by atoms with Crippen LogP contribution in [0.5, 0.6) is 17.2 Å². The molecule has 0 aromatic heterocycles. The molecule has 0 spiro atoms. The van der Waals surface area contributed by atoms with E-state index in [1.54, 1.807) is 18.2 Å². The van der Waals surface area contributed by atoms with Gasteiger partial charge in [-0.3, -0.25) is 0 Å². The summed E-state index contributed by atoms with van der Waals surface area (Å²) in [7, 11) is 0. The van der Waals surface area contributed by atoms with Gasteiger partial charge in [-0.15, -0.1) is 0 Å². The van der Waals surface area contributed by atoms with E-state index in [9.17, 15) is 15.0 Å². The lowest BCUT2D eigenvalue weighted by Gasteiger charge is -2.31. The van der Waals surface area contributed by atoms with Gasteiger partial charge in [0.2, 0.25) is 0 Å². The number of hydrogen-bond acceptors (Lipinski definition) is 3. The maximum Gasteiger partial charge on any atom is 0.337 e. The number of aromatic hydroxyl groups is 1.